The molecule has 0 saturated heterocycles. The van der Waals surface area contributed by atoms with Gasteiger partial charge in [-0.15, -0.1) is 0 Å². The third-order valence-electron chi connectivity index (χ3n) is 3.29. The van der Waals surface area contributed by atoms with Gasteiger partial charge in [-0.1, -0.05) is 24.6 Å². The minimum absolute atomic E-state index is 0.647. The topological polar surface area (TPSA) is 43.8 Å². The first-order valence-electron chi connectivity index (χ1n) is 5.35. The molecule has 1 aromatic heterocycles. The molecule has 0 unspecified atom stereocenters. The lowest BCUT2D eigenvalue weighted by Crippen LogP contribution is -2.04. The molecule has 0 aromatic carbocycles. The fraction of sp³-hybridized carbons (Fsp3) is 0.700. The minimum atomic E-state index is 0.647. The van der Waals surface area contributed by atoms with Crippen LogP contribution in [0.1, 0.15) is 37.3 Å². The smallest absolute Gasteiger partial charge is 0.169 e. The molecule has 0 amide bonds. The molecule has 0 radical (unpaired) electrons. The van der Waals surface area contributed by atoms with E-state index in [0.29, 0.717) is 5.92 Å². The fourth-order valence-electron chi connectivity index (χ4n) is 2.52. The van der Waals surface area contributed by atoms with Gasteiger partial charge < -0.3 is 10.3 Å². The molecule has 3 rings (SSSR count). The molecule has 2 heterocycles. The summed E-state index contributed by atoms with van der Waals surface area (Å²) in [5.41, 5.74) is 7.31. The lowest BCUT2D eigenvalue weighted by molar-refractivity contribution is 0.699. The number of fused-ring (bicyclic) bond motifs is 1. The second-order valence-electron chi connectivity index (χ2n) is 4.15. The number of aromatic nitrogens is 2. The number of nitrogen functional groups attached to an aromatic ring is 1. The predicted octanol–water partition coefficient (Wildman–Crippen LogP) is 2.23. The Labute approximate surface area is 88.1 Å². The van der Waals surface area contributed by atoms with Crippen LogP contribution in [-0.4, -0.2) is 15.3 Å². The van der Waals surface area contributed by atoms with Crippen molar-refractivity contribution < 1.29 is 0 Å². The summed E-state index contributed by atoms with van der Waals surface area (Å²) in [6, 6.07) is 0. The molecule has 2 N–H and O–H groups in total. The molecule has 4 heteroatoms. The van der Waals surface area contributed by atoms with Crippen LogP contribution in [0.5, 0.6) is 0 Å². The van der Waals surface area contributed by atoms with E-state index in [1.807, 2.05) is 11.8 Å². The second-order valence-corrected chi connectivity index (χ2v) is 5.21. The minimum Gasteiger partial charge on any atom is -0.384 e. The Morgan fingerprint density at radius 3 is 2.86 bits per heavy atom. The molecule has 76 valence electrons. The van der Waals surface area contributed by atoms with E-state index in [2.05, 4.69) is 9.55 Å². The highest BCUT2D eigenvalue weighted by molar-refractivity contribution is 7.99. The third-order valence-corrected chi connectivity index (χ3v) is 4.24. The van der Waals surface area contributed by atoms with Crippen LogP contribution in [0.4, 0.5) is 5.82 Å². The Hall–Kier alpha value is -0.640. The monoisotopic (exact) mass is 209 g/mol. The van der Waals surface area contributed by atoms with Crippen LogP contribution < -0.4 is 5.73 Å². The summed E-state index contributed by atoms with van der Waals surface area (Å²) in [5, 5.41) is 1.14. The summed E-state index contributed by atoms with van der Waals surface area (Å²) in [5.74, 6) is 2.72. The molecule has 1 aliphatic carbocycles. The van der Waals surface area contributed by atoms with Crippen molar-refractivity contribution >= 4 is 17.6 Å². The van der Waals surface area contributed by atoms with Gasteiger partial charge in [0.2, 0.25) is 0 Å². The van der Waals surface area contributed by atoms with Crippen LogP contribution >= 0.6 is 11.8 Å². The van der Waals surface area contributed by atoms with Gasteiger partial charge in [-0.05, 0) is 12.8 Å². The highest BCUT2D eigenvalue weighted by Crippen LogP contribution is 2.39. The number of hydrogen-bond donors (Lipinski definition) is 1. The number of nitrogens with two attached hydrogens (primary N) is 1. The summed E-state index contributed by atoms with van der Waals surface area (Å²) in [7, 11) is 0. The van der Waals surface area contributed by atoms with E-state index in [-0.39, 0.29) is 0 Å². The predicted molar refractivity (Wildman–Crippen MR) is 58.6 cm³/mol. The van der Waals surface area contributed by atoms with Gasteiger partial charge in [0, 0.05) is 18.2 Å². The Morgan fingerprint density at radius 2 is 2.14 bits per heavy atom. The second kappa shape index (κ2) is 3.19. The van der Waals surface area contributed by atoms with Crippen LogP contribution in [0, 0.1) is 0 Å². The fourth-order valence-corrected chi connectivity index (χ4v) is 3.48. The van der Waals surface area contributed by atoms with Crippen LogP contribution in [-0.2, 0) is 6.54 Å². The SMILES string of the molecule is Nc1c(C2CCCC2)nc2n1CCS2. The number of imidazole rings is 1. The zero-order valence-corrected chi connectivity index (χ0v) is 9.02. The highest BCUT2D eigenvalue weighted by atomic mass is 32.2. The number of hydrogen-bond acceptors (Lipinski definition) is 3. The van der Waals surface area contributed by atoms with Crippen LogP contribution in [0.3, 0.4) is 0 Å². The maximum Gasteiger partial charge on any atom is 0.169 e. The van der Waals surface area contributed by atoms with Gasteiger partial charge >= 0.3 is 0 Å². The van der Waals surface area contributed by atoms with Crippen molar-refractivity contribution in [3.05, 3.63) is 5.69 Å². The van der Waals surface area contributed by atoms with Gasteiger partial charge in [0.05, 0.1) is 5.69 Å². The van der Waals surface area contributed by atoms with E-state index in [4.69, 9.17) is 5.73 Å². The van der Waals surface area contributed by atoms with Crippen molar-refractivity contribution in [2.75, 3.05) is 11.5 Å². The van der Waals surface area contributed by atoms with Crippen molar-refractivity contribution in [2.24, 2.45) is 0 Å². The Morgan fingerprint density at radius 1 is 1.36 bits per heavy atom. The molecule has 1 saturated carbocycles. The van der Waals surface area contributed by atoms with Gasteiger partial charge in [-0.3, -0.25) is 0 Å². The Bertz CT molecular complexity index is 352. The van der Waals surface area contributed by atoms with Gasteiger partial charge in [-0.25, -0.2) is 4.98 Å². The molecule has 1 aromatic rings. The van der Waals surface area contributed by atoms with E-state index in [1.165, 1.54) is 31.4 Å². The lowest BCUT2D eigenvalue weighted by atomic mass is 10.0. The number of nitrogens with zero attached hydrogens (tertiary/aromatic N) is 2. The molecule has 0 atom stereocenters. The zero-order chi connectivity index (χ0) is 9.54. The van der Waals surface area contributed by atoms with Crippen LogP contribution in [0.2, 0.25) is 0 Å². The molecule has 1 aliphatic heterocycles. The third kappa shape index (κ3) is 1.16. The van der Waals surface area contributed by atoms with Gasteiger partial charge in [-0.2, -0.15) is 0 Å². The first kappa shape index (κ1) is 8.65. The zero-order valence-electron chi connectivity index (χ0n) is 8.20. The summed E-state index contributed by atoms with van der Waals surface area (Å²) in [6.45, 7) is 1.05. The van der Waals surface area contributed by atoms with Crippen LogP contribution in [0.15, 0.2) is 5.16 Å². The number of rotatable bonds is 1. The van der Waals surface area contributed by atoms with Crippen LogP contribution in [0.25, 0.3) is 0 Å². The van der Waals surface area contributed by atoms with E-state index >= 15 is 0 Å². The van der Waals surface area contributed by atoms with Crippen molar-refractivity contribution in [3.63, 3.8) is 0 Å². The number of thioether (sulfide) groups is 1. The average molecular weight is 209 g/mol. The van der Waals surface area contributed by atoms with E-state index in [9.17, 15) is 0 Å². The van der Waals surface area contributed by atoms with Crippen molar-refractivity contribution in [3.8, 4) is 0 Å². The molecular weight excluding hydrogens is 194 g/mol. The summed E-state index contributed by atoms with van der Waals surface area (Å²) < 4.78 is 2.18. The lowest BCUT2D eigenvalue weighted by Gasteiger charge is -2.07. The first-order chi connectivity index (χ1) is 6.86. The standard InChI is InChI=1S/C10H15N3S/c11-9-8(7-3-1-2-4-7)12-10-13(9)5-6-14-10/h7H,1-6,11H2. The summed E-state index contributed by atoms with van der Waals surface area (Å²) >= 11 is 1.83. The maximum absolute atomic E-state index is 6.12. The first-order valence-corrected chi connectivity index (χ1v) is 6.33. The van der Waals surface area contributed by atoms with E-state index in [0.717, 1.165) is 23.3 Å². The Balaban J connectivity index is 1.98. The molecule has 0 bridgehead atoms. The molecule has 0 spiro atoms. The normalized spacial score (nSPS) is 21.7. The molecule has 14 heavy (non-hydrogen) atoms. The quantitative estimate of drug-likeness (QED) is 0.771. The van der Waals surface area contributed by atoms with Crippen molar-refractivity contribution in [1.29, 1.82) is 0 Å². The van der Waals surface area contributed by atoms with Crippen molar-refractivity contribution in [2.45, 2.75) is 43.3 Å². The van der Waals surface area contributed by atoms with Gasteiger partial charge in [0.1, 0.15) is 5.82 Å². The van der Waals surface area contributed by atoms with Gasteiger partial charge in [0.15, 0.2) is 5.16 Å². The Kier molecular flexibility index (Phi) is 1.97. The molecule has 1 fully saturated rings. The van der Waals surface area contributed by atoms with Gasteiger partial charge in [0.25, 0.3) is 0 Å². The highest BCUT2D eigenvalue weighted by Gasteiger charge is 2.26. The maximum atomic E-state index is 6.12. The molecule has 3 nitrogen and oxygen atoms in total. The summed E-state index contributed by atoms with van der Waals surface area (Å²) in [4.78, 5) is 4.67. The van der Waals surface area contributed by atoms with Crippen molar-refractivity contribution in [1.82, 2.24) is 9.55 Å². The van der Waals surface area contributed by atoms with E-state index in [1.54, 1.807) is 0 Å². The number of anilines is 1. The van der Waals surface area contributed by atoms with E-state index < -0.39 is 0 Å². The molecule has 2 aliphatic rings. The average Bonchev–Trinajstić information content (AvgIpc) is 2.84. The largest absolute Gasteiger partial charge is 0.384 e. The summed E-state index contributed by atoms with van der Waals surface area (Å²) in [6.07, 6.45) is 5.26. The molecular formula is C10H15N3S.